The van der Waals surface area contributed by atoms with Crippen LogP contribution >= 0.6 is 0 Å². The van der Waals surface area contributed by atoms with E-state index in [1.807, 2.05) is 6.92 Å². The number of ether oxygens (including phenoxy) is 1. The molecule has 0 aliphatic rings. The molecule has 0 aliphatic carbocycles. The zero-order valence-electron chi connectivity index (χ0n) is 7.09. The first-order valence-corrected chi connectivity index (χ1v) is 3.57. The second-order valence-corrected chi connectivity index (χ2v) is 2.53. The van der Waals surface area contributed by atoms with Crippen LogP contribution in [0.2, 0.25) is 0 Å². The molecule has 0 heterocycles. The Balaban J connectivity index is 3.09. The fraction of sp³-hybridized carbons (Fsp3) is 0.222. The number of aryl methyl sites for hydroxylation is 1. The first-order chi connectivity index (χ1) is 5.65. The van der Waals surface area contributed by atoms with Gasteiger partial charge in [0.15, 0.2) is 0 Å². The lowest BCUT2D eigenvalue weighted by atomic mass is 10.1. The Hall–Kier alpha value is -1.51. The predicted octanol–water partition coefficient (Wildman–Crippen LogP) is 1.67. The molecule has 64 valence electrons. The Labute approximate surface area is 71.1 Å². The number of phenolic OH excluding ortho intramolecular Hbond substituents is 1. The van der Waals surface area contributed by atoms with E-state index < -0.39 is 0 Å². The largest absolute Gasteiger partial charge is 0.508 e. The van der Waals surface area contributed by atoms with Crippen molar-refractivity contribution < 1.29 is 9.84 Å². The number of methoxy groups -OCH3 is 1. The van der Waals surface area contributed by atoms with Crippen molar-refractivity contribution in [2.24, 2.45) is 0 Å². The lowest BCUT2D eigenvalue weighted by Crippen LogP contribution is -2.02. The number of benzene rings is 1. The normalized spacial score (nSPS) is 9.50. The summed E-state index contributed by atoms with van der Waals surface area (Å²) in [6.07, 6.45) is 0. The number of phenols is 1. The van der Waals surface area contributed by atoms with E-state index in [1.165, 1.54) is 13.2 Å². The van der Waals surface area contributed by atoms with Crippen LogP contribution in [0.1, 0.15) is 11.1 Å². The maximum Gasteiger partial charge on any atom is 0.213 e. The molecule has 0 bridgehead atoms. The second-order valence-electron chi connectivity index (χ2n) is 2.53. The molecular weight excluding hydrogens is 154 g/mol. The highest BCUT2D eigenvalue weighted by molar-refractivity contribution is 5.93. The van der Waals surface area contributed by atoms with Gasteiger partial charge in [-0.25, -0.2) is 0 Å². The van der Waals surface area contributed by atoms with Gasteiger partial charge >= 0.3 is 0 Å². The average molecular weight is 165 g/mol. The van der Waals surface area contributed by atoms with Crippen LogP contribution in [0.25, 0.3) is 0 Å². The lowest BCUT2D eigenvalue weighted by Gasteiger charge is -2.05. The molecule has 3 nitrogen and oxygen atoms in total. The van der Waals surface area contributed by atoms with E-state index in [4.69, 9.17) is 15.3 Å². The van der Waals surface area contributed by atoms with Gasteiger partial charge in [-0.1, -0.05) is 0 Å². The van der Waals surface area contributed by atoms with E-state index in [9.17, 15) is 0 Å². The summed E-state index contributed by atoms with van der Waals surface area (Å²) in [7, 11) is 1.45. The quantitative estimate of drug-likeness (QED) is 0.491. The summed E-state index contributed by atoms with van der Waals surface area (Å²) >= 11 is 0. The van der Waals surface area contributed by atoms with Crippen LogP contribution in [0.15, 0.2) is 18.2 Å². The molecule has 0 saturated carbocycles. The smallest absolute Gasteiger partial charge is 0.213 e. The molecule has 0 aromatic heterocycles. The van der Waals surface area contributed by atoms with Crippen molar-refractivity contribution in [2.45, 2.75) is 6.92 Å². The zero-order valence-corrected chi connectivity index (χ0v) is 7.09. The standard InChI is InChI=1S/C9H11NO2/c1-6-5-7(11)3-4-8(6)9(10)12-2/h3-5,10-11H,1-2H3. The van der Waals surface area contributed by atoms with Gasteiger partial charge in [0, 0.05) is 5.56 Å². The maximum atomic E-state index is 9.08. The number of hydrogen-bond donors (Lipinski definition) is 2. The van der Waals surface area contributed by atoms with Gasteiger partial charge in [0.05, 0.1) is 7.11 Å². The Kier molecular flexibility index (Phi) is 2.33. The summed E-state index contributed by atoms with van der Waals surface area (Å²) in [5.41, 5.74) is 1.54. The van der Waals surface area contributed by atoms with Crippen LogP contribution in [0, 0.1) is 12.3 Å². The summed E-state index contributed by atoms with van der Waals surface area (Å²) in [5.74, 6) is 0.327. The maximum absolute atomic E-state index is 9.08. The highest BCUT2D eigenvalue weighted by Gasteiger charge is 2.04. The van der Waals surface area contributed by atoms with Gasteiger partial charge in [-0.2, -0.15) is 0 Å². The van der Waals surface area contributed by atoms with Crippen LogP contribution in [-0.4, -0.2) is 18.1 Å². The van der Waals surface area contributed by atoms with Gasteiger partial charge in [-0.05, 0) is 30.7 Å². The molecule has 0 spiro atoms. The van der Waals surface area contributed by atoms with Gasteiger partial charge in [-0.3, -0.25) is 5.41 Å². The molecule has 0 fully saturated rings. The molecule has 2 N–H and O–H groups in total. The Morgan fingerprint density at radius 1 is 1.50 bits per heavy atom. The number of rotatable bonds is 1. The Morgan fingerprint density at radius 2 is 2.17 bits per heavy atom. The third-order valence-corrected chi connectivity index (χ3v) is 1.66. The summed E-state index contributed by atoms with van der Waals surface area (Å²) in [4.78, 5) is 0. The van der Waals surface area contributed by atoms with Crippen molar-refractivity contribution in [3.05, 3.63) is 29.3 Å². The van der Waals surface area contributed by atoms with E-state index in [0.717, 1.165) is 5.56 Å². The minimum atomic E-state index is 0.118. The minimum Gasteiger partial charge on any atom is -0.508 e. The molecular formula is C9H11NO2. The molecule has 0 aliphatic heterocycles. The van der Waals surface area contributed by atoms with Crippen molar-refractivity contribution in [1.82, 2.24) is 0 Å². The fourth-order valence-electron chi connectivity index (χ4n) is 1.01. The van der Waals surface area contributed by atoms with Crippen molar-refractivity contribution in [3.8, 4) is 5.75 Å². The van der Waals surface area contributed by atoms with Gasteiger partial charge in [0.25, 0.3) is 0 Å². The van der Waals surface area contributed by atoms with Crippen molar-refractivity contribution in [2.75, 3.05) is 7.11 Å². The van der Waals surface area contributed by atoms with E-state index in [2.05, 4.69) is 0 Å². The zero-order chi connectivity index (χ0) is 9.14. The molecule has 0 radical (unpaired) electrons. The van der Waals surface area contributed by atoms with E-state index >= 15 is 0 Å². The van der Waals surface area contributed by atoms with Crippen molar-refractivity contribution >= 4 is 5.90 Å². The van der Waals surface area contributed by atoms with Gasteiger partial charge in [-0.15, -0.1) is 0 Å². The first-order valence-electron chi connectivity index (χ1n) is 3.57. The molecule has 1 aromatic carbocycles. The summed E-state index contributed by atoms with van der Waals surface area (Å²) in [6, 6.07) is 4.80. The Morgan fingerprint density at radius 3 is 2.67 bits per heavy atom. The number of aromatic hydroxyl groups is 1. The SMILES string of the molecule is COC(=N)c1ccc(O)cc1C. The molecule has 0 amide bonds. The van der Waals surface area contributed by atoms with Crippen molar-refractivity contribution in [3.63, 3.8) is 0 Å². The molecule has 3 heteroatoms. The lowest BCUT2D eigenvalue weighted by molar-refractivity contribution is 0.400. The molecule has 0 saturated heterocycles. The molecule has 1 aromatic rings. The van der Waals surface area contributed by atoms with Gasteiger partial charge in [0.2, 0.25) is 5.90 Å². The third kappa shape index (κ3) is 1.56. The number of nitrogens with one attached hydrogen (secondary N) is 1. The summed E-state index contributed by atoms with van der Waals surface area (Å²) < 4.78 is 4.76. The van der Waals surface area contributed by atoms with Crippen LogP contribution in [0.3, 0.4) is 0 Å². The fourth-order valence-corrected chi connectivity index (χ4v) is 1.01. The van der Waals surface area contributed by atoms with Crippen LogP contribution in [0.5, 0.6) is 5.75 Å². The summed E-state index contributed by atoms with van der Waals surface area (Å²) in [5, 5.41) is 16.5. The molecule has 12 heavy (non-hydrogen) atoms. The molecule has 0 unspecified atom stereocenters. The topological polar surface area (TPSA) is 53.3 Å². The average Bonchev–Trinajstić information content (AvgIpc) is 2.03. The van der Waals surface area contributed by atoms with Crippen LogP contribution < -0.4 is 0 Å². The predicted molar refractivity (Wildman–Crippen MR) is 46.7 cm³/mol. The summed E-state index contributed by atoms with van der Waals surface area (Å²) in [6.45, 7) is 1.82. The third-order valence-electron chi connectivity index (χ3n) is 1.66. The minimum absolute atomic E-state index is 0.118. The number of hydrogen-bond acceptors (Lipinski definition) is 3. The van der Waals surface area contributed by atoms with Crippen LogP contribution in [-0.2, 0) is 4.74 Å². The molecule has 0 atom stereocenters. The molecule has 1 rings (SSSR count). The highest BCUT2D eigenvalue weighted by atomic mass is 16.5. The van der Waals surface area contributed by atoms with Gasteiger partial charge < -0.3 is 9.84 Å². The highest BCUT2D eigenvalue weighted by Crippen LogP contribution is 2.15. The van der Waals surface area contributed by atoms with Crippen LogP contribution in [0.4, 0.5) is 0 Å². The van der Waals surface area contributed by atoms with E-state index in [1.54, 1.807) is 12.1 Å². The second kappa shape index (κ2) is 3.26. The van der Waals surface area contributed by atoms with E-state index in [0.29, 0.717) is 5.56 Å². The van der Waals surface area contributed by atoms with Gasteiger partial charge in [0.1, 0.15) is 5.75 Å². The van der Waals surface area contributed by atoms with E-state index in [-0.39, 0.29) is 11.6 Å². The first kappa shape index (κ1) is 8.59. The monoisotopic (exact) mass is 165 g/mol. The van der Waals surface area contributed by atoms with Crippen molar-refractivity contribution in [1.29, 1.82) is 5.41 Å². The Bertz CT molecular complexity index is 307.